The van der Waals surface area contributed by atoms with Crippen molar-refractivity contribution in [3.05, 3.63) is 0 Å². The van der Waals surface area contributed by atoms with E-state index in [4.69, 9.17) is 10.9 Å². The molecule has 1 unspecified atom stereocenters. The lowest BCUT2D eigenvalue weighted by molar-refractivity contribution is -0.154. The summed E-state index contributed by atoms with van der Waals surface area (Å²) in [4.78, 5) is 2.30. The lowest BCUT2D eigenvalue weighted by atomic mass is 10.1. The van der Waals surface area contributed by atoms with Crippen molar-refractivity contribution < 1.29 is 18.4 Å². The lowest BCUT2D eigenvalue weighted by Gasteiger charge is -2.20. The Labute approximate surface area is 110 Å². The number of alkyl halides is 3. The van der Waals surface area contributed by atoms with Gasteiger partial charge in [0, 0.05) is 6.54 Å². The number of hydrogen-bond donors (Lipinski definition) is 3. The monoisotopic (exact) mass is 282 g/mol. The average Bonchev–Trinajstić information content (AvgIpc) is 2.84. The molecule has 4 N–H and O–H groups in total. The summed E-state index contributed by atoms with van der Waals surface area (Å²) in [7, 11) is 0. The van der Waals surface area contributed by atoms with Gasteiger partial charge < -0.3 is 21.2 Å². The zero-order valence-corrected chi connectivity index (χ0v) is 10.8. The molecule has 1 saturated heterocycles. The van der Waals surface area contributed by atoms with E-state index in [1.54, 1.807) is 0 Å². The first-order chi connectivity index (χ1) is 8.95. The SMILES string of the molecule is NC(=NO)C(CNCCCN1CCCC1)C(F)(F)F. The summed E-state index contributed by atoms with van der Waals surface area (Å²) in [6.07, 6.45) is -1.31. The second kappa shape index (κ2) is 7.54. The van der Waals surface area contributed by atoms with Crippen LogP contribution in [0.1, 0.15) is 19.3 Å². The Bertz CT molecular complexity index is 290. The maximum Gasteiger partial charge on any atom is 0.400 e. The largest absolute Gasteiger partial charge is 0.409 e. The first-order valence-electron chi connectivity index (χ1n) is 6.42. The van der Waals surface area contributed by atoms with Crippen LogP contribution in [0.15, 0.2) is 5.16 Å². The van der Waals surface area contributed by atoms with Crippen molar-refractivity contribution in [1.82, 2.24) is 10.2 Å². The van der Waals surface area contributed by atoms with Crippen LogP contribution in [0, 0.1) is 5.92 Å². The van der Waals surface area contributed by atoms with Gasteiger partial charge in [-0.2, -0.15) is 13.2 Å². The highest BCUT2D eigenvalue weighted by atomic mass is 19.4. The summed E-state index contributed by atoms with van der Waals surface area (Å²) in [6, 6.07) is 0. The molecule has 1 fully saturated rings. The van der Waals surface area contributed by atoms with Gasteiger partial charge in [-0.25, -0.2) is 0 Å². The fraction of sp³-hybridized carbons (Fsp3) is 0.909. The molecule has 0 amide bonds. The normalized spacial score (nSPS) is 19.8. The molecule has 5 nitrogen and oxygen atoms in total. The summed E-state index contributed by atoms with van der Waals surface area (Å²) < 4.78 is 37.8. The number of amidine groups is 1. The molecule has 1 aliphatic rings. The number of likely N-dealkylation sites (tertiary alicyclic amines) is 1. The highest BCUT2D eigenvalue weighted by Gasteiger charge is 2.42. The molecule has 0 bridgehead atoms. The van der Waals surface area contributed by atoms with Crippen LogP contribution in [0.5, 0.6) is 0 Å². The molecule has 1 heterocycles. The van der Waals surface area contributed by atoms with Crippen molar-refractivity contribution in [2.24, 2.45) is 16.8 Å². The fourth-order valence-corrected chi connectivity index (χ4v) is 2.14. The van der Waals surface area contributed by atoms with Crippen LogP contribution in [0.25, 0.3) is 0 Å². The maximum absolute atomic E-state index is 12.6. The van der Waals surface area contributed by atoms with E-state index in [1.807, 2.05) is 0 Å². The standard InChI is InChI=1S/C11H21F3N4O/c12-11(13,14)9(10(15)17-19)8-16-4-3-7-18-5-1-2-6-18/h9,16,19H,1-8H2,(H2,15,17). The molecule has 0 radical (unpaired) electrons. The number of nitrogens with two attached hydrogens (primary N) is 1. The molecule has 0 aromatic carbocycles. The van der Waals surface area contributed by atoms with Crippen LogP contribution in [0.3, 0.4) is 0 Å². The summed E-state index contributed by atoms with van der Waals surface area (Å²) >= 11 is 0. The lowest BCUT2D eigenvalue weighted by Crippen LogP contribution is -2.43. The molecular formula is C11H21F3N4O. The predicted molar refractivity (Wildman–Crippen MR) is 66.1 cm³/mol. The third-order valence-corrected chi connectivity index (χ3v) is 3.24. The van der Waals surface area contributed by atoms with E-state index in [1.165, 1.54) is 12.8 Å². The molecule has 0 spiro atoms. The van der Waals surface area contributed by atoms with E-state index in [9.17, 15) is 13.2 Å². The summed E-state index contributed by atoms with van der Waals surface area (Å²) in [6.45, 7) is 3.18. The van der Waals surface area contributed by atoms with Crippen molar-refractivity contribution in [3.8, 4) is 0 Å². The van der Waals surface area contributed by atoms with Crippen molar-refractivity contribution in [2.75, 3.05) is 32.7 Å². The van der Waals surface area contributed by atoms with Gasteiger partial charge in [0.25, 0.3) is 0 Å². The molecule has 8 heteroatoms. The van der Waals surface area contributed by atoms with E-state index in [0.29, 0.717) is 6.54 Å². The van der Waals surface area contributed by atoms with Crippen LogP contribution in [0.2, 0.25) is 0 Å². The second-order valence-electron chi connectivity index (χ2n) is 4.73. The fourth-order valence-electron chi connectivity index (χ4n) is 2.14. The van der Waals surface area contributed by atoms with Gasteiger partial charge in [0.05, 0.1) is 0 Å². The number of halogens is 3. The Hall–Kier alpha value is -1.02. The minimum absolute atomic E-state index is 0.362. The Morgan fingerprint density at radius 2 is 2.00 bits per heavy atom. The number of hydrogen-bond acceptors (Lipinski definition) is 4. The molecule has 0 aliphatic carbocycles. The van der Waals surface area contributed by atoms with Gasteiger partial charge >= 0.3 is 6.18 Å². The molecule has 1 atom stereocenters. The number of nitrogens with zero attached hydrogens (tertiary/aromatic N) is 2. The quantitative estimate of drug-likeness (QED) is 0.214. The highest BCUT2D eigenvalue weighted by Crippen LogP contribution is 2.25. The third kappa shape index (κ3) is 5.65. The number of nitrogens with one attached hydrogen (secondary N) is 1. The Morgan fingerprint density at radius 1 is 1.37 bits per heavy atom. The van der Waals surface area contributed by atoms with Gasteiger partial charge in [-0.1, -0.05) is 5.16 Å². The van der Waals surface area contributed by atoms with Gasteiger partial charge in [-0.3, -0.25) is 0 Å². The van der Waals surface area contributed by atoms with Gasteiger partial charge in [0.1, 0.15) is 5.92 Å². The van der Waals surface area contributed by atoms with Crippen LogP contribution >= 0.6 is 0 Å². The van der Waals surface area contributed by atoms with E-state index >= 15 is 0 Å². The third-order valence-electron chi connectivity index (χ3n) is 3.24. The highest BCUT2D eigenvalue weighted by molar-refractivity contribution is 5.83. The first-order valence-corrected chi connectivity index (χ1v) is 6.42. The zero-order valence-electron chi connectivity index (χ0n) is 10.8. The van der Waals surface area contributed by atoms with Crippen LogP contribution in [-0.4, -0.2) is 54.8 Å². The first kappa shape index (κ1) is 16.0. The van der Waals surface area contributed by atoms with Crippen LogP contribution in [0.4, 0.5) is 13.2 Å². The Morgan fingerprint density at radius 3 is 2.53 bits per heavy atom. The van der Waals surface area contributed by atoms with Gasteiger partial charge in [0.2, 0.25) is 0 Å². The van der Waals surface area contributed by atoms with Crippen LogP contribution < -0.4 is 11.1 Å². The molecule has 112 valence electrons. The molecule has 19 heavy (non-hydrogen) atoms. The van der Waals surface area contributed by atoms with E-state index in [-0.39, 0.29) is 6.54 Å². The number of rotatable bonds is 7. The maximum atomic E-state index is 12.6. The summed E-state index contributed by atoms with van der Waals surface area (Å²) in [5, 5.41) is 13.5. The predicted octanol–water partition coefficient (Wildman–Crippen LogP) is 0.987. The molecule has 0 aromatic heterocycles. The van der Waals surface area contributed by atoms with E-state index in [2.05, 4.69) is 15.4 Å². The van der Waals surface area contributed by atoms with Crippen molar-refractivity contribution in [2.45, 2.75) is 25.4 Å². The second-order valence-corrected chi connectivity index (χ2v) is 4.73. The summed E-state index contributed by atoms with van der Waals surface area (Å²) in [5.41, 5.74) is 5.05. The Kier molecular flexibility index (Phi) is 6.36. The minimum atomic E-state index is -4.50. The topological polar surface area (TPSA) is 73.9 Å². The minimum Gasteiger partial charge on any atom is -0.409 e. The smallest absolute Gasteiger partial charge is 0.400 e. The van der Waals surface area contributed by atoms with E-state index in [0.717, 1.165) is 26.1 Å². The van der Waals surface area contributed by atoms with Crippen molar-refractivity contribution in [1.29, 1.82) is 0 Å². The molecule has 0 aromatic rings. The average molecular weight is 282 g/mol. The summed E-state index contributed by atoms with van der Waals surface area (Å²) in [5.74, 6) is -2.75. The van der Waals surface area contributed by atoms with Crippen LogP contribution in [-0.2, 0) is 0 Å². The molecule has 0 saturated carbocycles. The van der Waals surface area contributed by atoms with Gasteiger partial charge in [-0.15, -0.1) is 0 Å². The number of oxime groups is 1. The molecule has 1 aliphatic heterocycles. The zero-order chi connectivity index (χ0) is 14.3. The van der Waals surface area contributed by atoms with Gasteiger partial charge in [-0.05, 0) is 45.4 Å². The van der Waals surface area contributed by atoms with Crippen molar-refractivity contribution >= 4 is 5.84 Å². The van der Waals surface area contributed by atoms with Gasteiger partial charge in [0.15, 0.2) is 5.84 Å². The Balaban J connectivity index is 2.21. The van der Waals surface area contributed by atoms with Crippen molar-refractivity contribution in [3.63, 3.8) is 0 Å². The van der Waals surface area contributed by atoms with E-state index < -0.39 is 17.9 Å². The molecule has 1 rings (SSSR count). The molecular weight excluding hydrogens is 261 g/mol.